The van der Waals surface area contributed by atoms with Crippen molar-refractivity contribution in [3.05, 3.63) is 0 Å². The van der Waals surface area contributed by atoms with E-state index in [1.54, 1.807) is 16.8 Å². The molecule has 1 saturated carbocycles. The lowest BCUT2D eigenvalue weighted by Gasteiger charge is -2.25. The highest BCUT2D eigenvalue weighted by Gasteiger charge is 2.33. The smallest absolute Gasteiger partial charge is 0.226 e. The summed E-state index contributed by atoms with van der Waals surface area (Å²) in [6.45, 7) is 3.36. The van der Waals surface area contributed by atoms with Crippen molar-refractivity contribution in [2.45, 2.75) is 32.6 Å². The van der Waals surface area contributed by atoms with Gasteiger partial charge in [-0.15, -0.1) is 0 Å². The van der Waals surface area contributed by atoms with Gasteiger partial charge < -0.3 is 15.1 Å². The number of rotatable bonds is 2. The molecule has 0 spiro atoms. The molecule has 3 amide bonds. The fourth-order valence-corrected chi connectivity index (χ4v) is 3.30. The van der Waals surface area contributed by atoms with Gasteiger partial charge >= 0.3 is 0 Å². The van der Waals surface area contributed by atoms with Crippen LogP contribution in [0.4, 0.5) is 0 Å². The Labute approximate surface area is 125 Å². The number of nitrogens with zero attached hydrogens (tertiary/aromatic N) is 2. The molecular formula is C15H25N3O3. The molecule has 21 heavy (non-hydrogen) atoms. The lowest BCUT2D eigenvalue weighted by Crippen LogP contribution is -2.43. The van der Waals surface area contributed by atoms with Crippen molar-refractivity contribution in [2.75, 3.05) is 33.2 Å². The maximum absolute atomic E-state index is 12.6. The Morgan fingerprint density at radius 3 is 2.10 bits per heavy atom. The topological polar surface area (TPSA) is 69.7 Å². The molecule has 1 heterocycles. The van der Waals surface area contributed by atoms with E-state index in [4.69, 9.17) is 0 Å². The zero-order valence-electron chi connectivity index (χ0n) is 12.9. The van der Waals surface area contributed by atoms with E-state index in [2.05, 4.69) is 5.32 Å². The molecule has 1 aliphatic carbocycles. The third-order valence-electron chi connectivity index (χ3n) is 4.60. The van der Waals surface area contributed by atoms with Crippen LogP contribution in [-0.2, 0) is 14.4 Å². The third-order valence-corrected chi connectivity index (χ3v) is 4.60. The van der Waals surface area contributed by atoms with Crippen molar-refractivity contribution < 1.29 is 14.4 Å². The number of nitrogens with one attached hydrogen (secondary N) is 1. The Morgan fingerprint density at radius 2 is 1.52 bits per heavy atom. The van der Waals surface area contributed by atoms with E-state index in [0.29, 0.717) is 26.2 Å². The summed E-state index contributed by atoms with van der Waals surface area (Å²) in [4.78, 5) is 39.7. The van der Waals surface area contributed by atoms with Crippen LogP contribution in [0.15, 0.2) is 0 Å². The lowest BCUT2D eigenvalue weighted by atomic mass is 10.0. The van der Waals surface area contributed by atoms with Crippen LogP contribution in [0.2, 0.25) is 0 Å². The van der Waals surface area contributed by atoms with Crippen LogP contribution < -0.4 is 5.32 Å². The van der Waals surface area contributed by atoms with Gasteiger partial charge in [-0.05, 0) is 12.8 Å². The minimum Gasteiger partial charge on any atom is -0.359 e. The van der Waals surface area contributed by atoms with Crippen LogP contribution in [0.5, 0.6) is 0 Å². The van der Waals surface area contributed by atoms with E-state index in [9.17, 15) is 14.4 Å². The van der Waals surface area contributed by atoms with Gasteiger partial charge in [-0.25, -0.2) is 0 Å². The highest BCUT2D eigenvalue weighted by molar-refractivity contribution is 5.83. The SMILES string of the molecule is CNC(=O)[C@H]1CN(C(C)=O)CCN(C(=O)C2CCCC2)C1. The van der Waals surface area contributed by atoms with Crippen molar-refractivity contribution in [2.24, 2.45) is 11.8 Å². The van der Waals surface area contributed by atoms with Gasteiger partial charge in [0.25, 0.3) is 0 Å². The van der Waals surface area contributed by atoms with Gasteiger partial charge in [0.1, 0.15) is 0 Å². The molecule has 0 aromatic heterocycles. The molecule has 0 unspecified atom stereocenters. The van der Waals surface area contributed by atoms with Gasteiger partial charge in [0.15, 0.2) is 0 Å². The Bertz CT molecular complexity index is 418. The first kappa shape index (κ1) is 15.8. The fourth-order valence-electron chi connectivity index (χ4n) is 3.30. The normalized spacial score (nSPS) is 23.8. The molecule has 6 nitrogen and oxygen atoms in total. The summed E-state index contributed by atoms with van der Waals surface area (Å²) in [5.41, 5.74) is 0. The summed E-state index contributed by atoms with van der Waals surface area (Å²) in [5, 5.41) is 2.64. The molecule has 1 aliphatic heterocycles. The summed E-state index contributed by atoms with van der Waals surface area (Å²) >= 11 is 0. The fraction of sp³-hybridized carbons (Fsp3) is 0.800. The molecule has 1 saturated heterocycles. The molecule has 0 bridgehead atoms. The summed E-state index contributed by atoms with van der Waals surface area (Å²) < 4.78 is 0. The van der Waals surface area contributed by atoms with E-state index >= 15 is 0 Å². The summed E-state index contributed by atoms with van der Waals surface area (Å²) in [6, 6.07) is 0. The van der Waals surface area contributed by atoms with E-state index in [0.717, 1.165) is 25.7 Å². The highest BCUT2D eigenvalue weighted by atomic mass is 16.2. The van der Waals surface area contributed by atoms with Gasteiger partial charge in [-0.2, -0.15) is 0 Å². The van der Waals surface area contributed by atoms with E-state index < -0.39 is 0 Å². The van der Waals surface area contributed by atoms with Crippen LogP contribution >= 0.6 is 0 Å². The minimum absolute atomic E-state index is 0.0425. The maximum Gasteiger partial charge on any atom is 0.226 e. The lowest BCUT2D eigenvalue weighted by molar-refractivity contribution is -0.136. The average Bonchev–Trinajstić information content (AvgIpc) is 2.91. The monoisotopic (exact) mass is 295 g/mol. The van der Waals surface area contributed by atoms with Crippen molar-refractivity contribution in [3.8, 4) is 0 Å². The number of carbonyl (C=O) groups excluding carboxylic acids is 3. The number of carbonyl (C=O) groups is 3. The van der Waals surface area contributed by atoms with Gasteiger partial charge in [0.2, 0.25) is 17.7 Å². The molecular weight excluding hydrogens is 270 g/mol. The van der Waals surface area contributed by atoms with Crippen LogP contribution in [0.3, 0.4) is 0 Å². The summed E-state index contributed by atoms with van der Waals surface area (Å²) in [6.07, 6.45) is 4.14. The van der Waals surface area contributed by atoms with Gasteiger partial charge in [-0.1, -0.05) is 12.8 Å². The minimum atomic E-state index is -0.341. The number of amides is 3. The first-order chi connectivity index (χ1) is 10.0. The average molecular weight is 295 g/mol. The van der Waals surface area contributed by atoms with Crippen LogP contribution in [0, 0.1) is 11.8 Å². The predicted molar refractivity (Wildman–Crippen MR) is 78.3 cm³/mol. The Balaban J connectivity index is 2.09. The van der Waals surface area contributed by atoms with Crippen molar-refractivity contribution in [3.63, 3.8) is 0 Å². The molecule has 6 heteroatoms. The van der Waals surface area contributed by atoms with Crippen LogP contribution in [0.1, 0.15) is 32.6 Å². The largest absolute Gasteiger partial charge is 0.359 e. The predicted octanol–water partition coefficient (Wildman–Crippen LogP) is 0.230. The first-order valence-electron chi connectivity index (χ1n) is 7.78. The molecule has 0 radical (unpaired) electrons. The molecule has 1 N–H and O–H groups in total. The molecule has 2 fully saturated rings. The van der Waals surface area contributed by atoms with Crippen molar-refractivity contribution >= 4 is 17.7 Å². The van der Waals surface area contributed by atoms with Crippen LogP contribution in [0.25, 0.3) is 0 Å². The number of hydrogen-bond acceptors (Lipinski definition) is 3. The molecule has 2 aliphatic rings. The standard InChI is InChI=1S/C15H25N3O3/c1-11(19)17-7-8-18(10-13(9-17)14(20)16-2)15(21)12-5-3-4-6-12/h12-13H,3-10H2,1-2H3,(H,16,20)/t13-/m0/s1. The molecule has 0 aromatic carbocycles. The van der Waals surface area contributed by atoms with E-state index in [1.165, 1.54) is 6.92 Å². The van der Waals surface area contributed by atoms with Gasteiger partial charge in [0.05, 0.1) is 5.92 Å². The molecule has 0 aromatic rings. The van der Waals surface area contributed by atoms with Crippen molar-refractivity contribution in [1.82, 2.24) is 15.1 Å². The Kier molecular flexibility index (Phi) is 5.20. The second-order valence-electron chi connectivity index (χ2n) is 6.04. The highest BCUT2D eigenvalue weighted by Crippen LogP contribution is 2.27. The van der Waals surface area contributed by atoms with E-state index in [1.807, 2.05) is 0 Å². The Morgan fingerprint density at radius 1 is 0.952 bits per heavy atom. The second kappa shape index (κ2) is 6.91. The summed E-state index contributed by atoms with van der Waals surface area (Å²) in [5.74, 6) is -0.218. The van der Waals surface area contributed by atoms with E-state index in [-0.39, 0.29) is 29.6 Å². The zero-order chi connectivity index (χ0) is 15.4. The first-order valence-corrected chi connectivity index (χ1v) is 7.78. The van der Waals surface area contributed by atoms with Gasteiger partial charge in [-0.3, -0.25) is 14.4 Å². The third kappa shape index (κ3) is 3.74. The molecule has 118 valence electrons. The van der Waals surface area contributed by atoms with Crippen LogP contribution in [-0.4, -0.2) is 60.7 Å². The zero-order valence-corrected chi connectivity index (χ0v) is 12.9. The second-order valence-corrected chi connectivity index (χ2v) is 6.04. The Hall–Kier alpha value is -1.59. The van der Waals surface area contributed by atoms with Gasteiger partial charge in [0, 0.05) is 46.1 Å². The number of hydrogen-bond donors (Lipinski definition) is 1. The quantitative estimate of drug-likeness (QED) is 0.793. The van der Waals surface area contributed by atoms with Crippen molar-refractivity contribution in [1.29, 1.82) is 0 Å². The molecule has 2 rings (SSSR count). The molecule has 1 atom stereocenters. The summed E-state index contributed by atoms with van der Waals surface area (Å²) in [7, 11) is 1.59. The maximum atomic E-state index is 12.6.